The molecular weight excluding hydrogens is 310 g/mol. The molecule has 0 saturated carbocycles. The van der Waals surface area contributed by atoms with E-state index >= 15 is 0 Å². The number of nitrogen functional groups attached to an aromatic ring is 1. The molecule has 0 aliphatic rings. The van der Waals surface area contributed by atoms with Crippen LogP contribution in [0.4, 0.5) is 11.6 Å². The van der Waals surface area contributed by atoms with Gasteiger partial charge in [-0.1, -0.05) is 30.6 Å². The number of benzene rings is 1. The third-order valence-corrected chi connectivity index (χ3v) is 4.19. The summed E-state index contributed by atoms with van der Waals surface area (Å²) in [5.41, 5.74) is 7.11. The second-order valence-electron chi connectivity index (χ2n) is 4.80. The predicted octanol–water partition coefficient (Wildman–Crippen LogP) is 3.76. The van der Waals surface area contributed by atoms with Gasteiger partial charge in [0.25, 0.3) is 0 Å². The Morgan fingerprint density at radius 1 is 1.48 bits per heavy atom. The molecule has 2 aromatic rings. The molecule has 0 fully saturated rings. The molecule has 1 aromatic carbocycles. The number of carbonyl (C=O) groups is 1. The van der Waals surface area contributed by atoms with Gasteiger partial charge in [0.1, 0.15) is 0 Å². The van der Waals surface area contributed by atoms with Gasteiger partial charge in [0, 0.05) is 16.6 Å². The Morgan fingerprint density at radius 2 is 2.24 bits per heavy atom. The number of nitrogens with two attached hydrogens (primary N) is 1. The first-order valence-electron chi connectivity index (χ1n) is 6.40. The highest BCUT2D eigenvalue weighted by Gasteiger charge is 2.11. The van der Waals surface area contributed by atoms with Crippen LogP contribution in [0.3, 0.4) is 0 Å². The van der Waals surface area contributed by atoms with Crippen molar-refractivity contribution >= 4 is 40.8 Å². The fraction of sp³-hybridized carbons (Fsp3) is 0.286. The molecule has 1 amide bonds. The highest BCUT2D eigenvalue weighted by molar-refractivity contribution is 8.00. The number of aromatic nitrogens is 1. The van der Waals surface area contributed by atoms with Crippen molar-refractivity contribution in [1.82, 2.24) is 5.16 Å². The molecule has 0 spiro atoms. The van der Waals surface area contributed by atoms with Crippen molar-refractivity contribution in [2.24, 2.45) is 0 Å². The molecule has 1 heterocycles. The normalized spacial score (nSPS) is 10.9. The van der Waals surface area contributed by atoms with E-state index in [0.29, 0.717) is 16.6 Å². The number of amides is 1. The fourth-order valence-electron chi connectivity index (χ4n) is 1.57. The first kappa shape index (κ1) is 15.7. The zero-order valence-electron chi connectivity index (χ0n) is 11.7. The van der Waals surface area contributed by atoms with Gasteiger partial charge in [-0.05, 0) is 24.1 Å². The number of anilines is 2. The average molecular weight is 326 g/mol. The van der Waals surface area contributed by atoms with Crippen molar-refractivity contribution in [1.29, 1.82) is 0 Å². The van der Waals surface area contributed by atoms with Crippen LogP contribution in [0.5, 0.6) is 0 Å². The van der Waals surface area contributed by atoms with Crippen LogP contribution in [0.25, 0.3) is 0 Å². The molecule has 21 heavy (non-hydrogen) atoms. The number of nitrogens with zero attached hydrogens (tertiary/aromatic N) is 1. The molecule has 0 unspecified atom stereocenters. The van der Waals surface area contributed by atoms with Gasteiger partial charge < -0.3 is 10.3 Å². The van der Waals surface area contributed by atoms with E-state index in [9.17, 15) is 4.79 Å². The Kier molecular flexibility index (Phi) is 5.14. The molecule has 0 bridgehead atoms. The second-order valence-corrected chi connectivity index (χ2v) is 6.22. The molecule has 5 nitrogen and oxygen atoms in total. The van der Waals surface area contributed by atoms with Crippen LogP contribution in [0.2, 0.25) is 5.02 Å². The van der Waals surface area contributed by atoms with E-state index in [-0.39, 0.29) is 17.6 Å². The minimum Gasteiger partial charge on any atom is -0.399 e. The summed E-state index contributed by atoms with van der Waals surface area (Å²) in [6.07, 6.45) is 0. The molecule has 7 heteroatoms. The van der Waals surface area contributed by atoms with Crippen LogP contribution in [0.15, 0.2) is 33.7 Å². The number of halogens is 1. The van der Waals surface area contributed by atoms with Crippen LogP contribution in [0.1, 0.15) is 25.5 Å². The summed E-state index contributed by atoms with van der Waals surface area (Å²) in [5.74, 6) is 0.619. The van der Waals surface area contributed by atoms with Crippen molar-refractivity contribution in [2.45, 2.75) is 24.7 Å². The molecule has 112 valence electrons. The van der Waals surface area contributed by atoms with Gasteiger partial charge in [-0.25, -0.2) is 0 Å². The SMILES string of the molecule is CC(C)c1cc(NC(=O)CSc2cc(N)ccc2Cl)on1. The minimum atomic E-state index is -0.190. The number of thioether (sulfide) groups is 1. The predicted molar refractivity (Wildman–Crippen MR) is 85.8 cm³/mol. The van der Waals surface area contributed by atoms with Gasteiger partial charge in [-0.3, -0.25) is 10.1 Å². The zero-order chi connectivity index (χ0) is 15.4. The molecule has 1 aromatic heterocycles. The van der Waals surface area contributed by atoms with E-state index in [4.69, 9.17) is 21.9 Å². The Bertz CT molecular complexity index is 643. The van der Waals surface area contributed by atoms with Gasteiger partial charge in [0.15, 0.2) is 0 Å². The minimum absolute atomic E-state index is 0.190. The summed E-state index contributed by atoms with van der Waals surface area (Å²) in [4.78, 5) is 12.6. The summed E-state index contributed by atoms with van der Waals surface area (Å²) in [5, 5.41) is 7.11. The van der Waals surface area contributed by atoms with Crippen molar-refractivity contribution < 1.29 is 9.32 Å². The Labute approximate surface area is 132 Å². The summed E-state index contributed by atoms with van der Waals surface area (Å²) in [6.45, 7) is 4.00. The van der Waals surface area contributed by atoms with Crippen LogP contribution < -0.4 is 11.1 Å². The molecule has 0 aliphatic carbocycles. The summed E-state index contributed by atoms with van der Waals surface area (Å²) < 4.78 is 5.05. The Balaban J connectivity index is 1.91. The smallest absolute Gasteiger partial charge is 0.237 e. The maximum absolute atomic E-state index is 11.9. The molecular formula is C14H16ClN3O2S. The lowest BCUT2D eigenvalue weighted by Gasteiger charge is -2.05. The summed E-state index contributed by atoms with van der Waals surface area (Å²) >= 11 is 7.36. The van der Waals surface area contributed by atoms with Crippen molar-refractivity contribution in [2.75, 3.05) is 16.8 Å². The zero-order valence-corrected chi connectivity index (χ0v) is 13.3. The van der Waals surface area contributed by atoms with E-state index in [1.165, 1.54) is 11.8 Å². The lowest BCUT2D eigenvalue weighted by Crippen LogP contribution is -2.13. The molecule has 0 atom stereocenters. The van der Waals surface area contributed by atoms with Crippen LogP contribution in [-0.4, -0.2) is 16.8 Å². The molecule has 3 N–H and O–H groups in total. The van der Waals surface area contributed by atoms with Crippen molar-refractivity contribution in [3.63, 3.8) is 0 Å². The number of hydrogen-bond donors (Lipinski definition) is 2. The fourth-order valence-corrected chi connectivity index (χ4v) is 2.63. The second kappa shape index (κ2) is 6.87. The number of nitrogens with one attached hydrogen (secondary N) is 1. The van der Waals surface area contributed by atoms with E-state index < -0.39 is 0 Å². The molecule has 0 radical (unpaired) electrons. The molecule has 0 aliphatic heterocycles. The van der Waals surface area contributed by atoms with E-state index in [0.717, 1.165) is 10.6 Å². The summed E-state index contributed by atoms with van der Waals surface area (Å²) in [7, 11) is 0. The van der Waals surface area contributed by atoms with Crippen LogP contribution in [0, 0.1) is 0 Å². The van der Waals surface area contributed by atoms with Crippen molar-refractivity contribution in [3.8, 4) is 0 Å². The maximum atomic E-state index is 11.9. The van der Waals surface area contributed by atoms with Crippen LogP contribution >= 0.6 is 23.4 Å². The van der Waals surface area contributed by atoms with Gasteiger partial charge in [-0.15, -0.1) is 11.8 Å². The Morgan fingerprint density at radius 3 is 2.90 bits per heavy atom. The van der Waals surface area contributed by atoms with E-state index in [1.807, 2.05) is 13.8 Å². The van der Waals surface area contributed by atoms with Crippen molar-refractivity contribution in [3.05, 3.63) is 35.0 Å². The average Bonchev–Trinajstić information content (AvgIpc) is 2.88. The van der Waals surface area contributed by atoms with Gasteiger partial charge in [-0.2, -0.15) is 0 Å². The third kappa shape index (κ3) is 4.41. The van der Waals surface area contributed by atoms with Crippen LogP contribution in [-0.2, 0) is 4.79 Å². The van der Waals surface area contributed by atoms with E-state index in [2.05, 4.69) is 10.5 Å². The standard InChI is InChI=1S/C14H16ClN3O2S/c1-8(2)11-6-14(20-18-11)17-13(19)7-21-12-5-9(16)3-4-10(12)15/h3-6,8H,7,16H2,1-2H3,(H,17,19). The van der Waals surface area contributed by atoms with Gasteiger partial charge in [0.2, 0.25) is 11.8 Å². The number of hydrogen-bond acceptors (Lipinski definition) is 5. The maximum Gasteiger partial charge on any atom is 0.237 e. The lowest BCUT2D eigenvalue weighted by atomic mass is 10.1. The Hall–Kier alpha value is -1.66. The largest absolute Gasteiger partial charge is 0.399 e. The number of carbonyl (C=O) groups excluding carboxylic acids is 1. The summed E-state index contributed by atoms with van der Waals surface area (Å²) in [6, 6.07) is 6.89. The monoisotopic (exact) mass is 325 g/mol. The highest BCUT2D eigenvalue weighted by Crippen LogP contribution is 2.29. The molecule has 2 rings (SSSR count). The first-order valence-corrected chi connectivity index (χ1v) is 7.76. The van der Waals surface area contributed by atoms with Gasteiger partial charge >= 0.3 is 0 Å². The van der Waals surface area contributed by atoms with Gasteiger partial charge in [0.05, 0.1) is 16.5 Å². The topological polar surface area (TPSA) is 81.2 Å². The molecule has 0 saturated heterocycles. The van der Waals surface area contributed by atoms with E-state index in [1.54, 1.807) is 24.3 Å². The lowest BCUT2D eigenvalue weighted by molar-refractivity contribution is -0.113. The first-order chi connectivity index (χ1) is 9.95. The highest BCUT2D eigenvalue weighted by atomic mass is 35.5. The third-order valence-electron chi connectivity index (χ3n) is 2.70. The number of rotatable bonds is 5. The quantitative estimate of drug-likeness (QED) is 0.646.